The van der Waals surface area contributed by atoms with Crippen molar-refractivity contribution in [3.05, 3.63) is 81.9 Å². The van der Waals surface area contributed by atoms with Gasteiger partial charge < -0.3 is 5.32 Å². The van der Waals surface area contributed by atoms with Gasteiger partial charge in [0.2, 0.25) is 11.9 Å². The fraction of sp³-hybridized carbons (Fsp3) is 0.182. The van der Waals surface area contributed by atoms with E-state index in [1.165, 1.54) is 10.7 Å². The molecule has 0 saturated heterocycles. The summed E-state index contributed by atoms with van der Waals surface area (Å²) in [7, 11) is 0. The second kappa shape index (κ2) is 7.71. The van der Waals surface area contributed by atoms with Gasteiger partial charge in [-0.15, -0.1) is 0 Å². The molecule has 29 heavy (non-hydrogen) atoms. The highest BCUT2D eigenvalue weighted by atomic mass is 16.1. The number of hydrogen-bond acceptors (Lipinski definition) is 4. The number of carbonyl (C=O) groups excluding carboxylic acids is 1. The Morgan fingerprint density at radius 1 is 1.14 bits per heavy atom. The van der Waals surface area contributed by atoms with E-state index in [-0.39, 0.29) is 23.8 Å². The summed E-state index contributed by atoms with van der Waals surface area (Å²) in [4.78, 5) is 31.8. The van der Waals surface area contributed by atoms with Gasteiger partial charge in [0.15, 0.2) is 0 Å². The number of fused-ring (bicyclic) bond motifs is 1. The van der Waals surface area contributed by atoms with Gasteiger partial charge in [-0.05, 0) is 29.7 Å². The Kier molecular flexibility index (Phi) is 4.95. The molecule has 0 spiro atoms. The lowest BCUT2D eigenvalue weighted by Gasteiger charge is -2.10. The van der Waals surface area contributed by atoms with Crippen LogP contribution in [-0.4, -0.2) is 25.7 Å². The van der Waals surface area contributed by atoms with Crippen molar-refractivity contribution in [2.24, 2.45) is 0 Å². The third kappa shape index (κ3) is 3.94. The third-order valence-electron chi connectivity index (χ3n) is 4.68. The summed E-state index contributed by atoms with van der Waals surface area (Å²) in [6.07, 6.45) is 0.852. The average Bonchev–Trinajstić information content (AvgIpc) is 3.07. The maximum atomic E-state index is 12.8. The molecule has 0 aliphatic heterocycles. The van der Waals surface area contributed by atoms with Crippen molar-refractivity contribution in [3.8, 4) is 5.95 Å². The second-order valence-electron chi connectivity index (χ2n) is 6.86. The van der Waals surface area contributed by atoms with Crippen LogP contribution in [0.3, 0.4) is 0 Å². The van der Waals surface area contributed by atoms with Crippen molar-refractivity contribution in [3.63, 3.8) is 0 Å². The lowest BCUT2D eigenvalue weighted by atomic mass is 10.0. The van der Waals surface area contributed by atoms with Gasteiger partial charge in [0.1, 0.15) is 5.82 Å². The number of H-pyrrole nitrogens is 1. The minimum atomic E-state index is -0.256. The topological polar surface area (TPSA) is 92.7 Å². The van der Waals surface area contributed by atoms with Crippen LogP contribution in [0, 0.1) is 6.92 Å². The van der Waals surface area contributed by atoms with Crippen LogP contribution >= 0.6 is 0 Å². The smallest absolute Gasteiger partial charge is 0.252 e. The van der Waals surface area contributed by atoms with Crippen molar-refractivity contribution < 1.29 is 4.79 Å². The number of carbonyl (C=O) groups is 1. The van der Waals surface area contributed by atoms with Crippen LogP contribution in [0.2, 0.25) is 0 Å². The van der Waals surface area contributed by atoms with Crippen LogP contribution in [0.1, 0.15) is 23.9 Å². The van der Waals surface area contributed by atoms with E-state index in [2.05, 4.69) is 20.4 Å². The molecule has 4 rings (SSSR count). The Bertz CT molecular complexity index is 1250. The summed E-state index contributed by atoms with van der Waals surface area (Å²) >= 11 is 0. The molecule has 0 radical (unpaired) electrons. The molecule has 1 amide bonds. The fourth-order valence-corrected chi connectivity index (χ4v) is 3.33. The molecule has 0 atom stereocenters. The molecule has 7 nitrogen and oxygen atoms in total. The molecule has 146 valence electrons. The number of rotatable bonds is 5. The monoisotopic (exact) mass is 387 g/mol. The van der Waals surface area contributed by atoms with Crippen molar-refractivity contribution in [2.75, 3.05) is 5.32 Å². The summed E-state index contributed by atoms with van der Waals surface area (Å²) in [5, 5.41) is 9.42. The highest BCUT2D eigenvalue weighted by molar-refractivity contribution is 5.95. The van der Waals surface area contributed by atoms with E-state index < -0.39 is 0 Å². The molecule has 0 aliphatic carbocycles. The minimum Gasteiger partial charge on any atom is -0.310 e. The van der Waals surface area contributed by atoms with Gasteiger partial charge in [-0.2, -0.15) is 9.78 Å². The zero-order chi connectivity index (χ0) is 20.4. The molecule has 4 aromatic rings. The summed E-state index contributed by atoms with van der Waals surface area (Å²) in [6.45, 7) is 3.74. The van der Waals surface area contributed by atoms with E-state index in [0.717, 1.165) is 16.3 Å². The Morgan fingerprint density at radius 2 is 1.93 bits per heavy atom. The van der Waals surface area contributed by atoms with Gasteiger partial charge in [0.25, 0.3) is 5.56 Å². The van der Waals surface area contributed by atoms with Crippen LogP contribution in [0.15, 0.2) is 59.4 Å². The molecular weight excluding hydrogens is 366 g/mol. The lowest BCUT2D eigenvalue weighted by molar-refractivity contribution is -0.115. The summed E-state index contributed by atoms with van der Waals surface area (Å²) in [6, 6.07) is 17.1. The molecule has 2 heterocycles. The Labute approximate surface area is 167 Å². The van der Waals surface area contributed by atoms with Gasteiger partial charge in [-0.25, -0.2) is 4.98 Å². The number of anilines is 1. The van der Waals surface area contributed by atoms with Gasteiger partial charge in [0, 0.05) is 17.8 Å². The van der Waals surface area contributed by atoms with E-state index in [4.69, 9.17) is 0 Å². The molecule has 7 heteroatoms. The second-order valence-corrected chi connectivity index (χ2v) is 6.86. The number of aryl methyl sites for hydroxylation is 2. The van der Waals surface area contributed by atoms with Crippen molar-refractivity contribution in [1.82, 2.24) is 19.7 Å². The highest BCUT2D eigenvalue weighted by Gasteiger charge is 2.14. The predicted molar refractivity (Wildman–Crippen MR) is 112 cm³/mol. The van der Waals surface area contributed by atoms with Gasteiger partial charge >= 0.3 is 0 Å². The molecule has 2 N–H and O–H groups in total. The number of nitrogens with zero attached hydrogens (tertiary/aromatic N) is 3. The quantitative estimate of drug-likeness (QED) is 0.550. The first-order chi connectivity index (χ1) is 14.0. The maximum absolute atomic E-state index is 12.8. The Balaban J connectivity index is 1.63. The van der Waals surface area contributed by atoms with Crippen molar-refractivity contribution in [2.45, 2.75) is 26.7 Å². The van der Waals surface area contributed by atoms with Gasteiger partial charge in [-0.3, -0.25) is 14.6 Å². The summed E-state index contributed by atoms with van der Waals surface area (Å²) in [5.74, 6) is 0.573. The normalized spacial score (nSPS) is 11.0. The van der Waals surface area contributed by atoms with E-state index >= 15 is 0 Å². The van der Waals surface area contributed by atoms with Crippen molar-refractivity contribution >= 4 is 22.5 Å². The number of aromatic amines is 1. The van der Waals surface area contributed by atoms with Crippen molar-refractivity contribution in [1.29, 1.82) is 0 Å². The van der Waals surface area contributed by atoms with E-state index in [9.17, 15) is 9.59 Å². The molecule has 0 aliphatic rings. The first-order valence-corrected chi connectivity index (χ1v) is 9.47. The minimum absolute atomic E-state index is 0.170. The molecule has 0 fully saturated rings. The summed E-state index contributed by atoms with van der Waals surface area (Å²) in [5.41, 5.74) is 2.05. The number of benzene rings is 2. The predicted octanol–water partition coefficient (Wildman–Crippen LogP) is 3.16. The highest BCUT2D eigenvalue weighted by Crippen LogP contribution is 2.20. The molecule has 0 unspecified atom stereocenters. The van der Waals surface area contributed by atoms with Crippen LogP contribution in [0.25, 0.3) is 16.7 Å². The van der Waals surface area contributed by atoms with Crippen LogP contribution in [0.4, 0.5) is 5.82 Å². The zero-order valence-corrected chi connectivity index (χ0v) is 16.3. The average molecular weight is 387 g/mol. The van der Waals surface area contributed by atoms with Crippen LogP contribution in [0.5, 0.6) is 0 Å². The molecular formula is C22H21N5O2. The number of hydrogen-bond donors (Lipinski definition) is 2. The third-order valence-corrected chi connectivity index (χ3v) is 4.68. The largest absolute Gasteiger partial charge is 0.310 e. The standard InChI is InChI=1S/C22H21N5O2/c1-3-17-13-21(29)25-22(23-17)27-19(11-14(2)26-27)24-20(28)12-16-9-6-8-15-7-4-5-10-18(15)16/h4-11,13H,3,12H2,1-2H3,(H,24,28)(H,23,25,29). The summed E-state index contributed by atoms with van der Waals surface area (Å²) < 4.78 is 1.46. The zero-order valence-electron chi connectivity index (χ0n) is 16.3. The van der Waals surface area contributed by atoms with Gasteiger partial charge in [0.05, 0.1) is 12.1 Å². The Hall–Kier alpha value is -3.74. The van der Waals surface area contributed by atoms with E-state index in [0.29, 0.717) is 23.6 Å². The molecule has 0 bridgehead atoms. The van der Waals surface area contributed by atoms with E-state index in [1.54, 1.807) is 6.07 Å². The van der Waals surface area contributed by atoms with Crippen LogP contribution in [-0.2, 0) is 17.6 Å². The SMILES string of the molecule is CCc1cc(=O)[nH]c(-n2nc(C)cc2NC(=O)Cc2cccc3ccccc23)n1. The van der Waals surface area contributed by atoms with Gasteiger partial charge in [-0.1, -0.05) is 49.4 Å². The molecule has 2 aromatic heterocycles. The fourth-order valence-electron chi connectivity index (χ4n) is 3.33. The number of aromatic nitrogens is 4. The van der Waals surface area contributed by atoms with Crippen LogP contribution < -0.4 is 10.9 Å². The first kappa shape index (κ1) is 18.6. The number of nitrogens with one attached hydrogen (secondary N) is 2. The first-order valence-electron chi connectivity index (χ1n) is 9.47. The number of amides is 1. The molecule has 2 aromatic carbocycles. The maximum Gasteiger partial charge on any atom is 0.252 e. The molecule has 0 saturated carbocycles. The Morgan fingerprint density at radius 3 is 2.76 bits per heavy atom. The lowest BCUT2D eigenvalue weighted by Crippen LogP contribution is -2.20. The van der Waals surface area contributed by atoms with E-state index in [1.807, 2.05) is 56.3 Å².